The molecule has 0 radical (unpaired) electrons. The van der Waals surface area contributed by atoms with Crippen LogP contribution in [-0.4, -0.2) is 35.1 Å². The summed E-state index contributed by atoms with van der Waals surface area (Å²) in [6, 6.07) is 11.3. The lowest BCUT2D eigenvalue weighted by Gasteiger charge is -2.04. The SMILES string of the molecule is Nc1cncc(-c2ncc3[nH]nc(-c4nc5c(-c6ccncc6)cccc5[nH]4)c3c2F)c1. The van der Waals surface area contributed by atoms with Gasteiger partial charge in [-0.15, -0.1) is 0 Å². The van der Waals surface area contributed by atoms with Crippen LogP contribution in [0.15, 0.2) is 67.4 Å². The summed E-state index contributed by atoms with van der Waals surface area (Å²) in [5.41, 5.74) is 11.2. The van der Waals surface area contributed by atoms with Crippen LogP contribution in [0.1, 0.15) is 0 Å². The maximum absolute atomic E-state index is 15.6. The number of imidazole rings is 1. The highest BCUT2D eigenvalue weighted by Crippen LogP contribution is 2.34. The third-order valence-corrected chi connectivity index (χ3v) is 5.31. The highest BCUT2D eigenvalue weighted by Gasteiger charge is 2.21. The second-order valence-corrected chi connectivity index (χ2v) is 7.31. The zero-order valence-electron chi connectivity index (χ0n) is 16.5. The average molecular weight is 422 g/mol. The molecule has 6 rings (SSSR count). The van der Waals surface area contributed by atoms with Gasteiger partial charge in [0, 0.05) is 35.9 Å². The summed E-state index contributed by atoms with van der Waals surface area (Å²) in [5, 5.41) is 7.47. The third-order valence-electron chi connectivity index (χ3n) is 5.31. The zero-order valence-corrected chi connectivity index (χ0v) is 16.5. The van der Waals surface area contributed by atoms with E-state index in [1.807, 2.05) is 30.3 Å². The number of halogens is 1. The van der Waals surface area contributed by atoms with Crippen LogP contribution in [0.5, 0.6) is 0 Å². The number of benzene rings is 1. The maximum Gasteiger partial charge on any atom is 0.161 e. The number of nitrogens with two attached hydrogens (primary N) is 1. The Kier molecular flexibility index (Phi) is 3.94. The fourth-order valence-corrected chi connectivity index (χ4v) is 3.84. The largest absolute Gasteiger partial charge is 0.397 e. The van der Waals surface area contributed by atoms with Crippen molar-refractivity contribution in [2.75, 3.05) is 5.73 Å². The minimum absolute atomic E-state index is 0.147. The molecule has 0 aliphatic rings. The van der Waals surface area contributed by atoms with Gasteiger partial charge >= 0.3 is 0 Å². The molecule has 154 valence electrons. The van der Waals surface area contributed by atoms with Gasteiger partial charge in [0.15, 0.2) is 11.6 Å². The number of pyridine rings is 3. The fourth-order valence-electron chi connectivity index (χ4n) is 3.84. The van der Waals surface area contributed by atoms with Gasteiger partial charge in [-0.05, 0) is 29.8 Å². The Hall–Kier alpha value is -4.66. The third kappa shape index (κ3) is 2.79. The summed E-state index contributed by atoms with van der Waals surface area (Å²) in [6.07, 6.45) is 8.03. The van der Waals surface area contributed by atoms with Gasteiger partial charge in [-0.2, -0.15) is 5.10 Å². The summed E-state index contributed by atoms with van der Waals surface area (Å²) in [7, 11) is 0. The molecule has 1 aromatic carbocycles. The van der Waals surface area contributed by atoms with E-state index in [0.717, 1.165) is 22.2 Å². The van der Waals surface area contributed by atoms with Crippen LogP contribution >= 0.6 is 0 Å². The number of anilines is 1. The van der Waals surface area contributed by atoms with Gasteiger partial charge in [0.05, 0.1) is 33.8 Å². The molecule has 0 amide bonds. The molecule has 0 bridgehead atoms. The molecular weight excluding hydrogens is 407 g/mol. The lowest BCUT2D eigenvalue weighted by Crippen LogP contribution is -1.94. The van der Waals surface area contributed by atoms with Crippen molar-refractivity contribution in [1.29, 1.82) is 0 Å². The Bertz CT molecular complexity index is 1600. The summed E-state index contributed by atoms with van der Waals surface area (Å²) in [6.45, 7) is 0. The van der Waals surface area contributed by atoms with E-state index >= 15 is 4.39 Å². The van der Waals surface area contributed by atoms with Crippen molar-refractivity contribution in [3.63, 3.8) is 0 Å². The molecule has 0 unspecified atom stereocenters. The van der Waals surface area contributed by atoms with Crippen molar-refractivity contribution in [2.24, 2.45) is 0 Å². The van der Waals surface area contributed by atoms with E-state index in [0.29, 0.717) is 33.7 Å². The number of fused-ring (bicyclic) bond motifs is 2. The first-order chi connectivity index (χ1) is 15.7. The molecule has 0 saturated heterocycles. The van der Waals surface area contributed by atoms with E-state index in [-0.39, 0.29) is 5.69 Å². The average Bonchev–Trinajstić information content (AvgIpc) is 3.44. The van der Waals surface area contributed by atoms with Gasteiger partial charge in [-0.25, -0.2) is 9.37 Å². The van der Waals surface area contributed by atoms with E-state index in [1.165, 1.54) is 12.4 Å². The van der Waals surface area contributed by atoms with Gasteiger partial charge < -0.3 is 10.7 Å². The fraction of sp³-hybridized carbons (Fsp3) is 0. The topological polar surface area (TPSA) is 122 Å². The first kappa shape index (κ1) is 18.1. The van der Waals surface area contributed by atoms with Crippen LogP contribution in [0.4, 0.5) is 10.1 Å². The molecule has 5 heterocycles. The molecule has 0 spiro atoms. The Balaban J connectivity index is 1.55. The van der Waals surface area contributed by atoms with Gasteiger partial charge in [0.25, 0.3) is 0 Å². The number of para-hydroxylation sites is 1. The Labute approximate surface area is 180 Å². The molecular formula is C23H15FN8. The maximum atomic E-state index is 15.6. The number of nitrogen functional groups attached to an aromatic ring is 1. The molecule has 0 saturated carbocycles. The molecule has 0 aliphatic carbocycles. The molecule has 32 heavy (non-hydrogen) atoms. The normalized spacial score (nSPS) is 11.4. The lowest BCUT2D eigenvalue weighted by atomic mass is 10.1. The van der Waals surface area contributed by atoms with E-state index in [1.54, 1.807) is 24.7 Å². The van der Waals surface area contributed by atoms with Crippen LogP contribution in [0.3, 0.4) is 0 Å². The van der Waals surface area contributed by atoms with Crippen LogP contribution in [0, 0.1) is 5.82 Å². The number of H-pyrrole nitrogens is 2. The Morgan fingerprint density at radius 1 is 0.875 bits per heavy atom. The zero-order chi connectivity index (χ0) is 21.7. The molecule has 9 heteroatoms. The minimum atomic E-state index is -0.520. The number of hydrogen-bond acceptors (Lipinski definition) is 6. The van der Waals surface area contributed by atoms with Crippen molar-refractivity contribution >= 4 is 27.6 Å². The number of aromatic amines is 2. The van der Waals surface area contributed by atoms with Crippen molar-refractivity contribution in [3.8, 4) is 33.9 Å². The predicted molar refractivity (Wildman–Crippen MR) is 120 cm³/mol. The molecule has 6 aromatic rings. The molecule has 8 nitrogen and oxygen atoms in total. The molecule has 0 aliphatic heterocycles. The number of hydrogen-bond donors (Lipinski definition) is 3. The van der Waals surface area contributed by atoms with Gasteiger partial charge in [0.2, 0.25) is 0 Å². The first-order valence-corrected chi connectivity index (χ1v) is 9.82. The highest BCUT2D eigenvalue weighted by molar-refractivity contribution is 5.98. The summed E-state index contributed by atoms with van der Waals surface area (Å²) < 4.78 is 15.6. The number of aromatic nitrogens is 7. The van der Waals surface area contributed by atoms with Crippen LogP contribution in [0.2, 0.25) is 0 Å². The van der Waals surface area contributed by atoms with Crippen molar-refractivity contribution in [1.82, 2.24) is 35.1 Å². The van der Waals surface area contributed by atoms with Crippen LogP contribution in [0.25, 0.3) is 55.8 Å². The standard InChI is InChI=1S/C23H15FN8/c24-19-18-17(11-28-20(19)13-8-14(25)10-27-9-13)31-32-22(18)23-29-16-3-1-2-15(21(16)30-23)12-4-6-26-7-5-12/h1-11H,25H2,(H,29,30)(H,31,32). The summed E-state index contributed by atoms with van der Waals surface area (Å²) in [4.78, 5) is 20.4. The molecule has 0 fully saturated rings. The first-order valence-electron chi connectivity index (χ1n) is 9.82. The van der Waals surface area contributed by atoms with Crippen molar-refractivity contribution in [2.45, 2.75) is 0 Å². The molecule has 4 N–H and O–H groups in total. The summed E-state index contributed by atoms with van der Waals surface area (Å²) in [5.74, 6) is -0.0667. The van der Waals surface area contributed by atoms with E-state index < -0.39 is 5.82 Å². The van der Waals surface area contributed by atoms with E-state index in [2.05, 4.69) is 30.1 Å². The lowest BCUT2D eigenvalue weighted by molar-refractivity contribution is 0.638. The Morgan fingerprint density at radius 3 is 2.59 bits per heavy atom. The smallest absolute Gasteiger partial charge is 0.161 e. The summed E-state index contributed by atoms with van der Waals surface area (Å²) >= 11 is 0. The molecule has 0 atom stereocenters. The second kappa shape index (κ2) is 6.95. The number of rotatable bonds is 3. The minimum Gasteiger partial charge on any atom is -0.397 e. The van der Waals surface area contributed by atoms with Crippen molar-refractivity contribution < 1.29 is 4.39 Å². The predicted octanol–water partition coefficient (Wildman–Crippen LogP) is 4.35. The van der Waals surface area contributed by atoms with Gasteiger partial charge in [-0.1, -0.05) is 12.1 Å². The van der Waals surface area contributed by atoms with E-state index in [9.17, 15) is 0 Å². The molecule has 5 aromatic heterocycles. The number of nitrogens with zero attached hydrogens (tertiary/aromatic N) is 5. The monoisotopic (exact) mass is 422 g/mol. The van der Waals surface area contributed by atoms with Crippen molar-refractivity contribution in [3.05, 3.63) is 73.2 Å². The Morgan fingerprint density at radius 2 is 1.75 bits per heavy atom. The highest BCUT2D eigenvalue weighted by atomic mass is 19.1. The second-order valence-electron chi connectivity index (χ2n) is 7.31. The van der Waals surface area contributed by atoms with Crippen LogP contribution in [-0.2, 0) is 0 Å². The van der Waals surface area contributed by atoms with Gasteiger partial charge in [0.1, 0.15) is 11.4 Å². The number of nitrogens with one attached hydrogen (secondary N) is 2. The van der Waals surface area contributed by atoms with Crippen LogP contribution < -0.4 is 5.73 Å². The van der Waals surface area contributed by atoms with Gasteiger partial charge in [-0.3, -0.25) is 20.1 Å². The quantitative estimate of drug-likeness (QED) is 0.390. The van der Waals surface area contributed by atoms with E-state index in [4.69, 9.17) is 10.7 Å².